The van der Waals surface area contributed by atoms with E-state index >= 15 is 0 Å². The lowest BCUT2D eigenvalue weighted by molar-refractivity contribution is 0.477. The van der Waals surface area contributed by atoms with Gasteiger partial charge in [0.15, 0.2) is 0 Å². The summed E-state index contributed by atoms with van der Waals surface area (Å²) in [6.45, 7) is 21.2. The lowest BCUT2D eigenvalue weighted by atomic mass is 9.96. The van der Waals surface area contributed by atoms with Crippen LogP contribution in [0.15, 0.2) is 144 Å². The van der Waals surface area contributed by atoms with Crippen molar-refractivity contribution >= 4 is 72.8 Å². The van der Waals surface area contributed by atoms with E-state index in [-0.39, 0.29) is 5.75 Å². The maximum absolute atomic E-state index is 12.0. The van der Waals surface area contributed by atoms with Crippen LogP contribution in [0.1, 0.15) is 0 Å². The molecule has 0 saturated carbocycles. The zero-order valence-electron chi connectivity index (χ0n) is 35.5. The van der Waals surface area contributed by atoms with Gasteiger partial charge in [0, 0.05) is 39.2 Å². The van der Waals surface area contributed by atoms with E-state index < -0.39 is 24.2 Å². The van der Waals surface area contributed by atoms with Gasteiger partial charge in [0.1, 0.15) is 22.7 Å². The molecule has 0 atom stereocenters. The van der Waals surface area contributed by atoms with Gasteiger partial charge in [-0.15, -0.1) is 0 Å². The van der Waals surface area contributed by atoms with Crippen molar-refractivity contribution in [3.63, 3.8) is 0 Å². The Labute approximate surface area is 350 Å². The Kier molecular flexibility index (Phi) is 9.30. The summed E-state index contributed by atoms with van der Waals surface area (Å²) in [7, 11) is -5.21. The molecule has 3 heterocycles. The Morgan fingerprint density at radius 2 is 1.20 bits per heavy atom. The maximum atomic E-state index is 12.0. The third-order valence-electron chi connectivity index (χ3n) is 11.7. The normalized spacial score (nSPS) is 12.6. The second-order valence-corrected chi connectivity index (χ2v) is 34.2. The first kappa shape index (κ1) is 38.7. The summed E-state index contributed by atoms with van der Waals surface area (Å²) in [6.07, 6.45) is 2.07. The van der Waals surface area contributed by atoms with Crippen molar-refractivity contribution in [3.05, 3.63) is 140 Å². The van der Waals surface area contributed by atoms with Crippen molar-refractivity contribution in [2.24, 2.45) is 0 Å². The van der Waals surface area contributed by atoms with Crippen LogP contribution < -0.4 is 15.6 Å². The van der Waals surface area contributed by atoms with Crippen LogP contribution >= 0.6 is 0 Å². The van der Waals surface area contributed by atoms with E-state index in [1.54, 1.807) is 0 Å². The Morgan fingerprint density at radius 1 is 0.525 bits per heavy atom. The molecule has 5 nitrogen and oxygen atoms in total. The fourth-order valence-electron chi connectivity index (χ4n) is 8.14. The number of furan rings is 1. The molecular formula is C51H51N3O2Si3. The van der Waals surface area contributed by atoms with Crippen molar-refractivity contribution in [2.45, 2.75) is 58.9 Å². The first-order valence-corrected chi connectivity index (χ1v) is 31.0. The molecule has 0 aliphatic carbocycles. The van der Waals surface area contributed by atoms with Crippen LogP contribution in [0.4, 0.5) is 0 Å². The third kappa shape index (κ3) is 6.99. The zero-order valence-corrected chi connectivity index (χ0v) is 38.5. The van der Waals surface area contributed by atoms with Crippen molar-refractivity contribution in [1.29, 1.82) is 0 Å². The van der Waals surface area contributed by atoms with E-state index in [1.807, 2.05) is 18.2 Å². The highest BCUT2D eigenvalue weighted by Crippen LogP contribution is 2.44. The number of hydrogen-bond donors (Lipinski definition) is 1. The Morgan fingerprint density at radius 3 is 1.90 bits per heavy atom. The summed E-state index contributed by atoms with van der Waals surface area (Å²) < 4.78 is 9.12. The van der Waals surface area contributed by atoms with Gasteiger partial charge in [0.05, 0.1) is 52.2 Å². The highest BCUT2D eigenvalue weighted by atomic mass is 28.3. The summed E-state index contributed by atoms with van der Waals surface area (Å²) in [5.41, 5.74) is 11.3. The van der Waals surface area contributed by atoms with Gasteiger partial charge in [-0.2, -0.15) is 0 Å². The van der Waals surface area contributed by atoms with Gasteiger partial charge in [0.2, 0.25) is 0 Å². The van der Waals surface area contributed by atoms with Crippen molar-refractivity contribution in [1.82, 2.24) is 14.5 Å². The fourth-order valence-corrected chi connectivity index (χ4v) is 11.5. The van der Waals surface area contributed by atoms with Crippen LogP contribution in [0.3, 0.4) is 0 Å². The summed E-state index contributed by atoms with van der Waals surface area (Å²) in [6, 6.07) is 47.2. The van der Waals surface area contributed by atoms with Crippen molar-refractivity contribution < 1.29 is 9.52 Å². The van der Waals surface area contributed by atoms with Crippen LogP contribution in [-0.2, 0) is 0 Å². The van der Waals surface area contributed by atoms with E-state index in [2.05, 4.69) is 185 Å². The SMILES string of the molecule is C[Si](C)(C)c1ccc(-c2cc(-c3cc([Si](C)(C)C)cc4c3nc(-c3ccc([Si](C)(C)C)cc3O)n4-c3ccccc3-c3ccccc3)c3oc4ccccc4c3c2)nc1. The smallest absolute Gasteiger partial charge is 0.149 e. The Bertz CT molecular complexity index is 3050. The number of rotatable bonds is 8. The predicted octanol–water partition coefficient (Wildman–Crippen LogP) is 12.3. The minimum atomic E-state index is -1.95. The first-order chi connectivity index (χ1) is 28.1. The number of para-hydroxylation sites is 2. The number of aromatic nitrogens is 3. The largest absolute Gasteiger partial charge is 0.507 e. The number of hydrogen-bond acceptors (Lipinski definition) is 4. The Balaban J connectivity index is 1.41. The molecule has 294 valence electrons. The van der Waals surface area contributed by atoms with Gasteiger partial charge in [0.25, 0.3) is 0 Å². The number of fused-ring (bicyclic) bond motifs is 4. The predicted molar refractivity (Wildman–Crippen MR) is 258 cm³/mol. The second-order valence-electron chi connectivity index (χ2n) is 19.0. The van der Waals surface area contributed by atoms with Gasteiger partial charge >= 0.3 is 0 Å². The summed E-state index contributed by atoms with van der Waals surface area (Å²) in [5.74, 6) is 0.928. The molecule has 0 aliphatic heterocycles. The average Bonchev–Trinajstić information content (AvgIpc) is 3.78. The lowest BCUT2D eigenvalue weighted by Gasteiger charge is -2.21. The standard InChI is InChI=1S/C51H51N3O2Si3/c1-57(2,3)35-23-25-40(47(55)31-35)51-53-49-41(29-37(59(7,8)9)30-46(49)54(51)45-21-15-13-19-38(45)33-17-11-10-12-18-33)43-28-34(44-26-24-36(32-52-44)58(4,5)6)27-42-39-20-14-16-22-48(39)56-50(42)43/h10-32,55H,1-9H3. The molecule has 8 heteroatoms. The van der Waals surface area contributed by atoms with Gasteiger partial charge in [-0.1, -0.05) is 154 Å². The number of phenolic OH excluding ortho intramolecular Hbond substituents is 1. The molecule has 9 rings (SSSR count). The minimum Gasteiger partial charge on any atom is -0.507 e. The van der Waals surface area contributed by atoms with E-state index in [0.29, 0.717) is 11.4 Å². The molecule has 0 fully saturated rings. The minimum absolute atomic E-state index is 0.236. The highest BCUT2D eigenvalue weighted by molar-refractivity contribution is 6.89. The number of nitrogens with zero attached hydrogens (tertiary/aromatic N) is 3. The topological polar surface area (TPSA) is 64.1 Å². The highest BCUT2D eigenvalue weighted by Gasteiger charge is 2.28. The third-order valence-corrected chi connectivity index (χ3v) is 17.7. The van der Waals surface area contributed by atoms with Gasteiger partial charge in [-0.3, -0.25) is 9.55 Å². The van der Waals surface area contributed by atoms with Gasteiger partial charge in [-0.25, -0.2) is 4.98 Å². The zero-order chi connectivity index (χ0) is 41.4. The van der Waals surface area contributed by atoms with Crippen LogP contribution in [0.5, 0.6) is 5.75 Å². The van der Waals surface area contributed by atoms with E-state index in [4.69, 9.17) is 14.4 Å². The number of phenols is 1. The molecule has 6 aromatic carbocycles. The molecule has 3 aromatic heterocycles. The lowest BCUT2D eigenvalue weighted by Crippen LogP contribution is -2.37. The molecule has 0 radical (unpaired) electrons. The number of pyridine rings is 1. The molecule has 0 spiro atoms. The molecular weight excluding hydrogens is 771 g/mol. The quantitative estimate of drug-likeness (QED) is 0.155. The van der Waals surface area contributed by atoms with Crippen molar-refractivity contribution in [2.75, 3.05) is 0 Å². The van der Waals surface area contributed by atoms with E-state index in [9.17, 15) is 5.11 Å². The molecule has 9 aromatic rings. The average molecular weight is 822 g/mol. The molecule has 0 amide bonds. The molecule has 0 unspecified atom stereocenters. The monoisotopic (exact) mass is 821 g/mol. The Hall–Kier alpha value is -5.81. The van der Waals surface area contributed by atoms with Crippen LogP contribution in [0.2, 0.25) is 58.9 Å². The summed E-state index contributed by atoms with van der Waals surface area (Å²) >= 11 is 0. The van der Waals surface area contributed by atoms with Crippen molar-refractivity contribution in [3.8, 4) is 56.3 Å². The van der Waals surface area contributed by atoms with Gasteiger partial charge in [-0.05, 0) is 59.3 Å². The molecule has 1 N–H and O–H groups in total. The van der Waals surface area contributed by atoms with E-state index in [0.717, 1.165) is 72.2 Å². The van der Waals surface area contributed by atoms with Gasteiger partial charge < -0.3 is 9.52 Å². The second kappa shape index (κ2) is 14.2. The number of imidazole rings is 1. The molecule has 0 bridgehead atoms. The molecule has 0 saturated heterocycles. The molecule has 59 heavy (non-hydrogen) atoms. The van der Waals surface area contributed by atoms with Crippen LogP contribution in [0, 0.1) is 0 Å². The van der Waals surface area contributed by atoms with Crippen LogP contribution in [0.25, 0.3) is 83.6 Å². The molecule has 0 aliphatic rings. The summed E-state index contributed by atoms with van der Waals surface area (Å²) in [5, 5.41) is 17.9. The van der Waals surface area contributed by atoms with Crippen LogP contribution in [-0.4, -0.2) is 43.9 Å². The number of benzene rings is 6. The fraction of sp³-hybridized carbons (Fsp3) is 0.176. The first-order valence-electron chi connectivity index (χ1n) is 20.5. The number of aromatic hydroxyl groups is 1. The maximum Gasteiger partial charge on any atom is 0.149 e. The summed E-state index contributed by atoms with van der Waals surface area (Å²) in [4.78, 5) is 10.7. The van der Waals surface area contributed by atoms with E-state index in [1.165, 1.54) is 15.6 Å².